The lowest BCUT2D eigenvalue weighted by molar-refractivity contribution is -0.688. The Balaban J connectivity index is 1.01. The minimum Gasteiger partial charge on any atom is -0.508 e. The third-order valence-electron chi connectivity index (χ3n) is 7.28. The van der Waals surface area contributed by atoms with Crippen LogP contribution in [0.2, 0.25) is 0 Å². The molecule has 37 heavy (non-hydrogen) atoms. The smallest absolute Gasteiger partial charge is 0.173 e. The van der Waals surface area contributed by atoms with E-state index in [0.717, 1.165) is 31.6 Å². The molecule has 190 valence electrons. The molecule has 5 rings (SSSR count). The van der Waals surface area contributed by atoms with Crippen LogP contribution in [-0.4, -0.2) is 18.2 Å². The zero-order chi connectivity index (χ0) is 25.3. The molecule has 1 fully saturated rings. The molecular formula is C33H38N3O+. The molecule has 1 saturated heterocycles. The summed E-state index contributed by atoms with van der Waals surface area (Å²) in [6, 6.07) is 29.8. The van der Waals surface area contributed by atoms with Gasteiger partial charge in [0.1, 0.15) is 5.75 Å². The van der Waals surface area contributed by atoms with Gasteiger partial charge in [0.25, 0.3) is 0 Å². The van der Waals surface area contributed by atoms with Crippen molar-refractivity contribution in [1.82, 2.24) is 0 Å². The predicted molar refractivity (Wildman–Crippen MR) is 152 cm³/mol. The number of aryl methyl sites for hydroxylation is 2. The van der Waals surface area contributed by atoms with E-state index in [-0.39, 0.29) is 5.75 Å². The summed E-state index contributed by atoms with van der Waals surface area (Å²) in [6.07, 6.45) is 11.7. The number of benzene rings is 3. The number of hydrogen-bond donors (Lipinski definition) is 2. The summed E-state index contributed by atoms with van der Waals surface area (Å²) in [4.78, 5) is 2.48. The molecule has 4 aromatic rings. The van der Waals surface area contributed by atoms with Crippen LogP contribution in [0, 0.1) is 0 Å². The monoisotopic (exact) mass is 492 g/mol. The van der Waals surface area contributed by atoms with Gasteiger partial charge in [0, 0.05) is 54.8 Å². The summed E-state index contributed by atoms with van der Waals surface area (Å²) >= 11 is 0. The SMILES string of the molecule is Oc1cccc(NCc2ccc(CCCCc3ccc(C[n+]4ccc(N5CCCC5)cc4)cc3)cc2)c1. The molecule has 0 unspecified atom stereocenters. The number of nitrogens with zero attached hydrogens (tertiary/aromatic N) is 2. The summed E-state index contributed by atoms with van der Waals surface area (Å²) in [5.41, 5.74) is 7.69. The molecule has 1 aliphatic rings. The maximum Gasteiger partial charge on any atom is 0.173 e. The van der Waals surface area contributed by atoms with Gasteiger partial charge in [-0.1, -0.05) is 54.6 Å². The van der Waals surface area contributed by atoms with E-state index in [2.05, 4.69) is 87.8 Å². The minimum absolute atomic E-state index is 0.286. The number of aromatic nitrogens is 1. The van der Waals surface area contributed by atoms with Gasteiger partial charge >= 0.3 is 0 Å². The summed E-state index contributed by atoms with van der Waals surface area (Å²) in [6.45, 7) is 4.05. The number of pyridine rings is 1. The fourth-order valence-electron chi connectivity index (χ4n) is 5.07. The molecule has 1 aliphatic heterocycles. The lowest BCUT2D eigenvalue weighted by Crippen LogP contribution is -2.33. The molecule has 2 N–H and O–H groups in total. The Morgan fingerprint density at radius 2 is 1.30 bits per heavy atom. The second kappa shape index (κ2) is 12.4. The molecule has 0 aliphatic carbocycles. The van der Waals surface area contributed by atoms with E-state index < -0.39 is 0 Å². The lowest BCUT2D eigenvalue weighted by atomic mass is 10.0. The Labute approximate surface area is 221 Å². The zero-order valence-electron chi connectivity index (χ0n) is 21.7. The van der Waals surface area contributed by atoms with E-state index in [9.17, 15) is 5.11 Å². The number of aromatic hydroxyl groups is 1. The van der Waals surface area contributed by atoms with Crippen molar-refractivity contribution in [2.75, 3.05) is 23.3 Å². The van der Waals surface area contributed by atoms with Crippen LogP contribution in [0.1, 0.15) is 47.9 Å². The van der Waals surface area contributed by atoms with Gasteiger partial charge in [-0.25, -0.2) is 4.57 Å². The summed E-state index contributed by atoms with van der Waals surface area (Å²) in [5.74, 6) is 0.286. The number of phenols is 1. The van der Waals surface area contributed by atoms with E-state index in [1.807, 2.05) is 12.1 Å². The largest absolute Gasteiger partial charge is 0.508 e. The maximum absolute atomic E-state index is 9.58. The van der Waals surface area contributed by atoms with Crippen LogP contribution >= 0.6 is 0 Å². The number of unbranched alkanes of at least 4 members (excludes halogenated alkanes) is 1. The van der Waals surface area contributed by atoms with Crippen molar-refractivity contribution < 1.29 is 9.67 Å². The minimum atomic E-state index is 0.286. The Kier molecular flexibility index (Phi) is 8.37. The molecule has 0 amide bonds. The van der Waals surface area contributed by atoms with Gasteiger partial charge in [0.15, 0.2) is 18.9 Å². The van der Waals surface area contributed by atoms with Crippen LogP contribution in [0.5, 0.6) is 5.75 Å². The quantitative estimate of drug-likeness (QED) is 0.185. The van der Waals surface area contributed by atoms with Crippen molar-refractivity contribution in [3.05, 3.63) is 120 Å². The van der Waals surface area contributed by atoms with Crippen LogP contribution in [-0.2, 0) is 25.9 Å². The second-order valence-corrected chi connectivity index (χ2v) is 10.2. The van der Waals surface area contributed by atoms with Gasteiger partial charge in [-0.3, -0.25) is 0 Å². The van der Waals surface area contributed by atoms with Crippen LogP contribution in [0.4, 0.5) is 11.4 Å². The van der Waals surface area contributed by atoms with Gasteiger partial charge in [-0.05, 0) is 67.3 Å². The van der Waals surface area contributed by atoms with Crippen molar-refractivity contribution in [2.24, 2.45) is 0 Å². The number of phenolic OH excluding ortho intramolecular Hbond substituents is 1. The van der Waals surface area contributed by atoms with Crippen LogP contribution in [0.25, 0.3) is 0 Å². The highest BCUT2D eigenvalue weighted by molar-refractivity contribution is 5.48. The van der Waals surface area contributed by atoms with E-state index in [4.69, 9.17) is 0 Å². The maximum atomic E-state index is 9.58. The van der Waals surface area contributed by atoms with E-state index >= 15 is 0 Å². The standard InChI is InChI=1S/C33H37N3O/c37-33-9-5-8-31(24-33)34-25-29-14-10-27(11-15-29)6-1-2-7-28-12-16-30(17-13-28)26-35-22-18-32(19-23-35)36-20-3-4-21-36/h5,8-19,22-24,34H,1-4,6-7,20-21,25-26H2/p+1. The van der Waals surface area contributed by atoms with Crippen molar-refractivity contribution in [3.8, 4) is 5.75 Å². The van der Waals surface area contributed by atoms with Crippen molar-refractivity contribution in [2.45, 2.75) is 51.6 Å². The highest BCUT2D eigenvalue weighted by atomic mass is 16.3. The molecule has 0 radical (unpaired) electrons. The van der Waals surface area contributed by atoms with Crippen LogP contribution < -0.4 is 14.8 Å². The van der Waals surface area contributed by atoms with Crippen molar-refractivity contribution in [1.29, 1.82) is 0 Å². The number of hydrogen-bond acceptors (Lipinski definition) is 3. The first-order valence-electron chi connectivity index (χ1n) is 13.6. The Morgan fingerprint density at radius 1 is 0.703 bits per heavy atom. The first-order chi connectivity index (χ1) is 18.2. The molecule has 3 aromatic carbocycles. The fraction of sp³-hybridized carbons (Fsp3) is 0.303. The zero-order valence-corrected chi connectivity index (χ0v) is 21.7. The molecule has 2 heterocycles. The van der Waals surface area contributed by atoms with Gasteiger partial charge in [0.2, 0.25) is 0 Å². The lowest BCUT2D eigenvalue weighted by Gasteiger charge is -2.16. The first kappa shape index (κ1) is 24.9. The highest BCUT2D eigenvalue weighted by Gasteiger charge is 2.13. The third kappa shape index (κ3) is 7.36. The topological polar surface area (TPSA) is 39.4 Å². The number of nitrogens with one attached hydrogen (secondary N) is 1. The number of anilines is 2. The predicted octanol–water partition coefficient (Wildman–Crippen LogP) is 6.51. The third-order valence-corrected chi connectivity index (χ3v) is 7.28. The Hall–Kier alpha value is -3.79. The van der Waals surface area contributed by atoms with E-state index in [0.29, 0.717) is 0 Å². The normalized spacial score (nSPS) is 13.1. The molecule has 0 spiro atoms. The van der Waals surface area contributed by atoms with E-state index in [1.165, 1.54) is 66.7 Å². The van der Waals surface area contributed by atoms with Crippen molar-refractivity contribution >= 4 is 11.4 Å². The average Bonchev–Trinajstić information content (AvgIpc) is 3.47. The Morgan fingerprint density at radius 3 is 1.92 bits per heavy atom. The molecule has 0 bridgehead atoms. The van der Waals surface area contributed by atoms with Gasteiger partial charge in [-0.2, -0.15) is 0 Å². The van der Waals surface area contributed by atoms with Crippen LogP contribution in [0.15, 0.2) is 97.3 Å². The molecule has 1 aromatic heterocycles. The summed E-state index contributed by atoms with van der Waals surface area (Å²) < 4.78 is 2.27. The molecule has 0 atom stereocenters. The van der Waals surface area contributed by atoms with Crippen LogP contribution in [0.3, 0.4) is 0 Å². The Bertz CT molecular complexity index is 1240. The molecule has 4 heteroatoms. The highest BCUT2D eigenvalue weighted by Crippen LogP contribution is 2.19. The molecule has 4 nitrogen and oxygen atoms in total. The summed E-state index contributed by atoms with van der Waals surface area (Å²) in [7, 11) is 0. The van der Waals surface area contributed by atoms with Gasteiger partial charge in [0.05, 0.1) is 0 Å². The van der Waals surface area contributed by atoms with Gasteiger partial charge < -0.3 is 15.3 Å². The molecule has 0 saturated carbocycles. The van der Waals surface area contributed by atoms with Gasteiger partial charge in [-0.15, -0.1) is 0 Å². The number of rotatable bonds is 11. The average molecular weight is 493 g/mol. The molecular weight excluding hydrogens is 454 g/mol. The summed E-state index contributed by atoms with van der Waals surface area (Å²) in [5, 5.41) is 12.9. The second-order valence-electron chi connectivity index (χ2n) is 10.2. The first-order valence-corrected chi connectivity index (χ1v) is 13.6. The van der Waals surface area contributed by atoms with Crippen molar-refractivity contribution in [3.63, 3.8) is 0 Å². The fourth-order valence-corrected chi connectivity index (χ4v) is 5.07. The van der Waals surface area contributed by atoms with E-state index in [1.54, 1.807) is 12.1 Å².